The van der Waals surface area contributed by atoms with Crippen LogP contribution in [0.1, 0.15) is 28.4 Å². The van der Waals surface area contributed by atoms with Gasteiger partial charge in [-0.3, -0.25) is 0 Å². The maximum Gasteiger partial charge on any atom is 0.416 e. The number of carbonyl (C=O) groups is 1. The minimum atomic E-state index is -4.63. The monoisotopic (exact) mass is 373 g/mol. The van der Waals surface area contributed by atoms with Gasteiger partial charge in [-0.25, -0.2) is 17.5 Å². The summed E-state index contributed by atoms with van der Waals surface area (Å²) < 4.78 is 63.8. The molecule has 5 nitrogen and oxygen atoms in total. The van der Waals surface area contributed by atoms with Crippen LogP contribution in [0, 0.1) is 0 Å². The van der Waals surface area contributed by atoms with Gasteiger partial charge in [0.15, 0.2) is 0 Å². The SMILES string of the molecule is CCc1c(N(c2cccc(C(=O)O)c2)[SH](=O)=O)cccc1C(F)(F)F. The molecule has 0 aliphatic carbocycles. The molecule has 0 amide bonds. The summed E-state index contributed by atoms with van der Waals surface area (Å²) in [4.78, 5) is 11.1. The molecule has 0 aromatic heterocycles. The lowest BCUT2D eigenvalue weighted by molar-refractivity contribution is -0.138. The van der Waals surface area contributed by atoms with Crippen LogP contribution < -0.4 is 4.31 Å². The predicted molar refractivity (Wildman–Crippen MR) is 86.7 cm³/mol. The van der Waals surface area contributed by atoms with Gasteiger partial charge >= 0.3 is 12.1 Å². The minimum absolute atomic E-state index is 0.0509. The van der Waals surface area contributed by atoms with E-state index in [0.717, 1.165) is 18.2 Å². The van der Waals surface area contributed by atoms with Crippen molar-refractivity contribution in [3.05, 3.63) is 59.2 Å². The van der Waals surface area contributed by atoms with Crippen LogP contribution in [-0.4, -0.2) is 19.5 Å². The van der Waals surface area contributed by atoms with Crippen LogP contribution in [0.15, 0.2) is 42.5 Å². The third kappa shape index (κ3) is 3.93. The van der Waals surface area contributed by atoms with E-state index in [4.69, 9.17) is 5.11 Å². The molecule has 9 heteroatoms. The molecule has 0 unspecified atom stereocenters. The molecule has 0 bridgehead atoms. The Morgan fingerprint density at radius 3 is 2.32 bits per heavy atom. The standard InChI is InChI=1S/C16H14F3NO4S/c1-2-12-13(16(17,18)19)7-4-8-14(12)20(25(23)24)11-6-3-5-10(9-11)15(21)22/h3-9,25H,2H2,1H3,(H,21,22). The molecule has 25 heavy (non-hydrogen) atoms. The molecule has 0 saturated carbocycles. The largest absolute Gasteiger partial charge is 0.478 e. The van der Waals surface area contributed by atoms with E-state index in [1.807, 2.05) is 0 Å². The molecule has 134 valence electrons. The zero-order chi connectivity index (χ0) is 18.8. The highest BCUT2D eigenvalue weighted by Crippen LogP contribution is 2.38. The zero-order valence-electron chi connectivity index (χ0n) is 12.9. The second kappa shape index (κ2) is 7.14. The predicted octanol–water partition coefficient (Wildman–Crippen LogP) is 3.63. The van der Waals surface area contributed by atoms with Crippen molar-refractivity contribution in [1.82, 2.24) is 0 Å². The first-order chi connectivity index (χ1) is 11.7. The Kier molecular flexibility index (Phi) is 5.36. The summed E-state index contributed by atoms with van der Waals surface area (Å²) in [6.45, 7) is 1.48. The molecule has 0 atom stereocenters. The molecule has 0 heterocycles. The molecule has 1 N–H and O–H groups in total. The number of thiol groups is 1. The Labute approximate surface area is 143 Å². The van der Waals surface area contributed by atoms with Gasteiger partial charge in [-0.1, -0.05) is 19.1 Å². The summed E-state index contributed by atoms with van der Waals surface area (Å²) in [6.07, 6.45) is -4.69. The fraction of sp³-hybridized carbons (Fsp3) is 0.188. The third-order valence-electron chi connectivity index (χ3n) is 3.54. The molecule has 0 spiro atoms. The molecule has 2 aromatic rings. The Balaban J connectivity index is 2.71. The smallest absolute Gasteiger partial charge is 0.416 e. The highest BCUT2D eigenvalue weighted by Gasteiger charge is 2.34. The Hall–Kier alpha value is -2.55. The van der Waals surface area contributed by atoms with Crippen molar-refractivity contribution in [2.45, 2.75) is 19.5 Å². The number of carboxylic acids is 1. The van der Waals surface area contributed by atoms with Gasteiger partial charge in [0.25, 0.3) is 0 Å². The summed E-state index contributed by atoms with van der Waals surface area (Å²) in [6, 6.07) is 8.24. The van der Waals surface area contributed by atoms with Crippen molar-refractivity contribution >= 4 is 28.2 Å². The highest BCUT2D eigenvalue weighted by atomic mass is 32.2. The molecule has 0 radical (unpaired) electrons. The Bertz CT molecular complexity index is 870. The van der Waals surface area contributed by atoms with Crippen LogP contribution in [0.2, 0.25) is 0 Å². The Morgan fingerprint density at radius 1 is 1.16 bits per heavy atom. The van der Waals surface area contributed by atoms with Gasteiger partial charge in [-0.15, -0.1) is 0 Å². The van der Waals surface area contributed by atoms with Crippen LogP contribution in [0.4, 0.5) is 24.5 Å². The number of hydrogen-bond acceptors (Lipinski definition) is 3. The van der Waals surface area contributed by atoms with Gasteiger partial charge in [-0.2, -0.15) is 13.2 Å². The fourth-order valence-electron chi connectivity index (χ4n) is 2.50. The summed E-state index contributed by atoms with van der Waals surface area (Å²) in [5, 5.41) is 9.03. The quantitative estimate of drug-likeness (QED) is 0.785. The van der Waals surface area contributed by atoms with Crippen LogP contribution in [0.3, 0.4) is 0 Å². The van der Waals surface area contributed by atoms with Crippen molar-refractivity contribution in [1.29, 1.82) is 0 Å². The van der Waals surface area contributed by atoms with Crippen LogP contribution in [0.5, 0.6) is 0 Å². The molecule has 0 fully saturated rings. The zero-order valence-corrected chi connectivity index (χ0v) is 13.8. The van der Waals surface area contributed by atoms with E-state index in [2.05, 4.69) is 0 Å². The van der Waals surface area contributed by atoms with Crippen molar-refractivity contribution in [2.75, 3.05) is 4.31 Å². The molecular formula is C16H14F3NO4S. The first-order valence-corrected chi connectivity index (χ1v) is 8.26. The fourth-order valence-corrected chi connectivity index (χ4v) is 3.18. The summed E-state index contributed by atoms with van der Waals surface area (Å²) >= 11 is 0. The number of aromatic carboxylic acids is 1. The van der Waals surface area contributed by atoms with E-state index >= 15 is 0 Å². The number of rotatable bonds is 5. The van der Waals surface area contributed by atoms with Gasteiger partial charge in [-0.05, 0) is 42.3 Å². The van der Waals surface area contributed by atoms with Crippen molar-refractivity contribution in [3.8, 4) is 0 Å². The summed E-state index contributed by atoms with van der Waals surface area (Å²) in [5.74, 6) is -1.28. The van der Waals surface area contributed by atoms with E-state index in [1.54, 1.807) is 0 Å². The number of halogens is 3. The third-order valence-corrected chi connectivity index (χ3v) is 4.31. The van der Waals surface area contributed by atoms with E-state index in [1.165, 1.54) is 31.2 Å². The highest BCUT2D eigenvalue weighted by molar-refractivity contribution is 7.74. The topological polar surface area (TPSA) is 74.7 Å². The average molecular weight is 373 g/mol. The van der Waals surface area contributed by atoms with E-state index in [9.17, 15) is 26.4 Å². The van der Waals surface area contributed by atoms with E-state index in [0.29, 0.717) is 4.31 Å². The van der Waals surface area contributed by atoms with Gasteiger partial charge in [0.05, 0.1) is 22.5 Å². The van der Waals surface area contributed by atoms with Gasteiger partial charge in [0, 0.05) is 0 Å². The number of alkyl halides is 3. The summed E-state index contributed by atoms with van der Waals surface area (Å²) in [5.41, 5.74) is -1.50. The molecule has 0 aliphatic heterocycles. The molecule has 2 rings (SSSR count). The summed E-state index contributed by atoms with van der Waals surface area (Å²) in [7, 11) is -3.35. The van der Waals surface area contributed by atoms with Gasteiger partial charge in [0.1, 0.15) is 0 Å². The molecule has 2 aromatic carbocycles. The normalized spacial score (nSPS) is 11.6. The number of carboxylic acid groups (broad SMARTS) is 1. The van der Waals surface area contributed by atoms with Gasteiger partial charge < -0.3 is 5.11 Å². The Morgan fingerprint density at radius 2 is 1.80 bits per heavy atom. The first-order valence-electron chi connectivity index (χ1n) is 7.13. The van der Waals surface area contributed by atoms with Crippen molar-refractivity contribution in [3.63, 3.8) is 0 Å². The second-order valence-corrected chi connectivity index (χ2v) is 5.94. The van der Waals surface area contributed by atoms with E-state index < -0.39 is 28.6 Å². The molecule has 0 saturated heterocycles. The lowest BCUT2D eigenvalue weighted by atomic mass is 10.0. The lowest BCUT2D eigenvalue weighted by Gasteiger charge is -2.23. The van der Waals surface area contributed by atoms with Crippen LogP contribution >= 0.6 is 0 Å². The average Bonchev–Trinajstić information content (AvgIpc) is 2.54. The second-order valence-electron chi connectivity index (χ2n) is 5.06. The number of anilines is 2. The van der Waals surface area contributed by atoms with Crippen LogP contribution in [0.25, 0.3) is 0 Å². The van der Waals surface area contributed by atoms with E-state index in [-0.39, 0.29) is 28.9 Å². The number of nitrogens with zero attached hydrogens (tertiary/aromatic N) is 1. The van der Waals surface area contributed by atoms with Crippen molar-refractivity contribution < 1.29 is 31.5 Å². The van der Waals surface area contributed by atoms with Crippen LogP contribution in [-0.2, 0) is 23.5 Å². The first kappa shape index (κ1) is 18.8. The lowest BCUT2D eigenvalue weighted by Crippen LogP contribution is -2.19. The van der Waals surface area contributed by atoms with Crippen molar-refractivity contribution in [2.24, 2.45) is 0 Å². The minimum Gasteiger partial charge on any atom is -0.478 e. The molecule has 0 aliphatic rings. The number of hydrogen-bond donors (Lipinski definition) is 2. The maximum absolute atomic E-state index is 13.2. The number of benzene rings is 2. The molecular weight excluding hydrogens is 359 g/mol. The van der Waals surface area contributed by atoms with Gasteiger partial charge in [0.2, 0.25) is 10.9 Å². The maximum atomic E-state index is 13.2.